The number of urea groups is 1. The number of aromatic nitrogens is 2. The van der Waals surface area contributed by atoms with Gasteiger partial charge in [0.2, 0.25) is 0 Å². The number of nitrogens with zero attached hydrogens (tertiary/aromatic N) is 2. The van der Waals surface area contributed by atoms with Crippen LogP contribution in [0.4, 0.5) is 4.79 Å². The molecule has 7 nitrogen and oxygen atoms in total. The van der Waals surface area contributed by atoms with Gasteiger partial charge in [-0.3, -0.25) is 4.68 Å². The van der Waals surface area contributed by atoms with Gasteiger partial charge < -0.3 is 15.7 Å². The zero-order valence-electron chi connectivity index (χ0n) is 10.9. The summed E-state index contributed by atoms with van der Waals surface area (Å²) in [7, 11) is 1.77. The summed E-state index contributed by atoms with van der Waals surface area (Å²) in [6.45, 7) is 0.303. The molecule has 1 unspecified atom stereocenters. The van der Waals surface area contributed by atoms with E-state index in [1.807, 2.05) is 6.26 Å². The Balaban J connectivity index is 2.40. The van der Waals surface area contributed by atoms with Crippen LogP contribution in [0.1, 0.15) is 12.1 Å². The number of nitrogens with one attached hydrogen (secondary N) is 2. The molecule has 0 radical (unpaired) electrons. The maximum atomic E-state index is 11.6. The van der Waals surface area contributed by atoms with Crippen molar-refractivity contribution in [1.82, 2.24) is 20.4 Å². The largest absolute Gasteiger partial charge is 0.480 e. The lowest BCUT2D eigenvalue weighted by atomic mass is 10.2. The molecule has 3 N–H and O–H groups in total. The van der Waals surface area contributed by atoms with Gasteiger partial charge in [0.25, 0.3) is 0 Å². The second kappa shape index (κ2) is 7.67. The Morgan fingerprint density at radius 3 is 2.84 bits per heavy atom. The molecule has 0 spiro atoms. The van der Waals surface area contributed by atoms with Gasteiger partial charge in [0.1, 0.15) is 6.04 Å². The smallest absolute Gasteiger partial charge is 0.326 e. The highest BCUT2D eigenvalue weighted by Crippen LogP contribution is 2.01. The molecule has 106 valence electrons. The number of carboxylic acids is 1. The number of carbonyl (C=O) groups is 2. The normalized spacial score (nSPS) is 11.9. The third kappa shape index (κ3) is 5.21. The first kappa shape index (κ1) is 15.4. The molecule has 0 saturated heterocycles. The molecule has 1 rings (SSSR count). The average molecular weight is 286 g/mol. The maximum absolute atomic E-state index is 11.6. The minimum Gasteiger partial charge on any atom is -0.480 e. The van der Waals surface area contributed by atoms with Gasteiger partial charge in [0, 0.05) is 13.2 Å². The lowest BCUT2D eigenvalue weighted by Crippen LogP contribution is -2.46. The first-order valence-corrected chi connectivity index (χ1v) is 7.17. The van der Waals surface area contributed by atoms with Gasteiger partial charge in [0.05, 0.1) is 12.2 Å². The van der Waals surface area contributed by atoms with E-state index in [9.17, 15) is 9.59 Å². The Morgan fingerprint density at radius 1 is 1.58 bits per heavy atom. The van der Waals surface area contributed by atoms with Crippen LogP contribution in [0.15, 0.2) is 12.3 Å². The molecule has 1 aromatic rings. The predicted molar refractivity (Wildman–Crippen MR) is 73.0 cm³/mol. The number of amides is 2. The monoisotopic (exact) mass is 286 g/mol. The standard InChI is InChI=1S/C11H18N4O3S/c1-15-8(3-5-13-15)7-12-11(18)14-9(10(16)17)4-6-19-2/h3,5,9H,4,6-7H2,1-2H3,(H,16,17)(H2,12,14,18). The number of aliphatic carboxylic acids is 1. The average Bonchev–Trinajstić information content (AvgIpc) is 2.77. The highest BCUT2D eigenvalue weighted by atomic mass is 32.2. The van der Waals surface area contributed by atoms with Crippen molar-refractivity contribution >= 4 is 23.8 Å². The van der Waals surface area contributed by atoms with Crippen LogP contribution >= 0.6 is 11.8 Å². The summed E-state index contributed by atoms with van der Waals surface area (Å²) in [4.78, 5) is 22.6. The van der Waals surface area contributed by atoms with Crippen molar-refractivity contribution in [2.75, 3.05) is 12.0 Å². The fourth-order valence-corrected chi connectivity index (χ4v) is 1.92. The number of hydrogen-bond donors (Lipinski definition) is 3. The highest BCUT2D eigenvalue weighted by Gasteiger charge is 2.19. The van der Waals surface area contributed by atoms with E-state index in [0.29, 0.717) is 18.7 Å². The van der Waals surface area contributed by atoms with Crippen molar-refractivity contribution in [1.29, 1.82) is 0 Å². The van der Waals surface area contributed by atoms with Crippen molar-refractivity contribution in [3.8, 4) is 0 Å². The maximum Gasteiger partial charge on any atom is 0.326 e. The van der Waals surface area contributed by atoms with E-state index in [1.165, 1.54) is 0 Å². The van der Waals surface area contributed by atoms with E-state index < -0.39 is 18.0 Å². The Kier molecular flexibility index (Phi) is 6.20. The van der Waals surface area contributed by atoms with Crippen LogP contribution < -0.4 is 10.6 Å². The van der Waals surface area contributed by atoms with Crippen LogP contribution in [-0.2, 0) is 18.4 Å². The quantitative estimate of drug-likeness (QED) is 0.675. The van der Waals surface area contributed by atoms with Crippen molar-refractivity contribution < 1.29 is 14.7 Å². The van der Waals surface area contributed by atoms with Gasteiger partial charge in [-0.05, 0) is 24.5 Å². The molecule has 0 aliphatic rings. The minimum atomic E-state index is -1.02. The molecule has 0 aliphatic carbocycles. The number of hydrogen-bond acceptors (Lipinski definition) is 4. The summed E-state index contributed by atoms with van der Waals surface area (Å²) >= 11 is 1.54. The van der Waals surface area contributed by atoms with E-state index in [0.717, 1.165) is 5.69 Å². The zero-order chi connectivity index (χ0) is 14.3. The van der Waals surface area contributed by atoms with E-state index in [4.69, 9.17) is 5.11 Å². The van der Waals surface area contributed by atoms with Crippen molar-refractivity contribution in [2.45, 2.75) is 19.0 Å². The van der Waals surface area contributed by atoms with Gasteiger partial charge >= 0.3 is 12.0 Å². The molecule has 0 fully saturated rings. The molecule has 0 aromatic carbocycles. The summed E-state index contributed by atoms with van der Waals surface area (Å²) in [6.07, 6.45) is 3.92. The van der Waals surface area contributed by atoms with E-state index >= 15 is 0 Å². The fraction of sp³-hybridized carbons (Fsp3) is 0.545. The number of carboxylic acid groups (broad SMARTS) is 1. The Bertz CT molecular complexity index is 435. The summed E-state index contributed by atoms with van der Waals surface area (Å²) in [5.41, 5.74) is 0.839. The van der Waals surface area contributed by atoms with Crippen LogP contribution in [0, 0.1) is 0 Å². The second-order valence-electron chi connectivity index (χ2n) is 3.95. The zero-order valence-corrected chi connectivity index (χ0v) is 11.7. The molecule has 0 aliphatic heterocycles. The Morgan fingerprint density at radius 2 is 2.32 bits per heavy atom. The fourth-order valence-electron chi connectivity index (χ4n) is 1.45. The van der Waals surface area contributed by atoms with Gasteiger partial charge in [-0.1, -0.05) is 0 Å². The summed E-state index contributed by atoms with van der Waals surface area (Å²) in [6, 6.07) is 0.427. The highest BCUT2D eigenvalue weighted by molar-refractivity contribution is 7.98. The van der Waals surface area contributed by atoms with E-state index in [1.54, 1.807) is 35.8 Å². The van der Waals surface area contributed by atoms with Crippen LogP contribution in [0.3, 0.4) is 0 Å². The predicted octanol–water partition coefficient (Wildman–Crippen LogP) is 0.426. The van der Waals surface area contributed by atoms with E-state index in [-0.39, 0.29) is 0 Å². The lowest BCUT2D eigenvalue weighted by molar-refractivity contribution is -0.139. The first-order valence-electron chi connectivity index (χ1n) is 5.77. The molecule has 2 amide bonds. The lowest BCUT2D eigenvalue weighted by Gasteiger charge is -2.14. The summed E-state index contributed by atoms with van der Waals surface area (Å²) in [5, 5.41) is 18.0. The number of rotatable bonds is 7. The molecule has 0 bridgehead atoms. The van der Waals surface area contributed by atoms with E-state index in [2.05, 4.69) is 15.7 Å². The number of thioether (sulfide) groups is 1. The van der Waals surface area contributed by atoms with Crippen LogP contribution in [0.5, 0.6) is 0 Å². The van der Waals surface area contributed by atoms with Crippen molar-refractivity contribution in [2.24, 2.45) is 7.05 Å². The second-order valence-corrected chi connectivity index (χ2v) is 4.93. The molecule has 1 aromatic heterocycles. The van der Waals surface area contributed by atoms with Crippen molar-refractivity contribution in [3.63, 3.8) is 0 Å². The molecular weight excluding hydrogens is 268 g/mol. The SMILES string of the molecule is CSCCC(NC(=O)NCc1ccnn1C)C(=O)O. The Hall–Kier alpha value is -1.70. The number of carbonyl (C=O) groups excluding carboxylic acids is 1. The van der Waals surface area contributed by atoms with Gasteiger partial charge in [0.15, 0.2) is 0 Å². The van der Waals surface area contributed by atoms with Gasteiger partial charge in [-0.2, -0.15) is 16.9 Å². The van der Waals surface area contributed by atoms with Gasteiger partial charge in [-0.25, -0.2) is 9.59 Å². The van der Waals surface area contributed by atoms with Gasteiger partial charge in [-0.15, -0.1) is 0 Å². The van der Waals surface area contributed by atoms with Crippen LogP contribution in [0.2, 0.25) is 0 Å². The molecule has 0 saturated carbocycles. The summed E-state index contributed by atoms with van der Waals surface area (Å²) < 4.78 is 1.64. The third-order valence-corrected chi connectivity index (χ3v) is 3.21. The summed E-state index contributed by atoms with van der Waals surface area (Å²) in [5.74, 6) is -0.344. The molecule has 19 heavy (non-hydrogen) atoms. The third-order valence-electron chi connectivity index (χ3n) is 2.57. The topological polar surface area (TPSA) is 96.3 Å². The molecule has 1 atom stereocenters. The first-order chi connectivity index (χ1) is 9.04. The Labute approximate surface area is 115 Å². The molecular formula is C11H18N4O3S. The minimum absolute atomic E-state index is 0.303. The van der Waals surface area contributed by atoms with Crippen LogP contribution in [0.25, 0.3) is 0 Å². The van der Waals surface area contributed by atoms with Crippen LogP contribution in [-0.4, -0.2) is 44.9 Å². The molecule has 1 heterocycles. The molecule has 8 heteroatoms. The van der Waals surface area contributed by atoms with Crippen molar-refractivity contribution in [3.05, 3.63) is 18.0 Å². The number of aryl methyl sites for hydroxylation is 1.